The topological polar surface area (TPSA) is 78.0 Å². The average molecular weight is 529 g/mol. The van der Waals surface area contributed by atoms with Gasteiger partial charge < -0.3 is 14.2 Å². The molecule has 0 N–H and O–H groups in total. The minimum absolute atomic E-state index is 0.308. The van der Waals surface area contributed by atoms with Crippen molar-refractivity contribution in [1.29, 1.82) is 0 Å². The van der Waals surface area contributed by atoms with Gasteiger partial charge in [0.2, 0.25) is 10.9 Å². The Morgan fingerprint density at radius 3 is 1.97 bits per heavy atom. The van der Waals surface area contributed by atoms with Gasteiger partial charge in [-0.05, 0) is 41.8 Å². The van der Waals surface area contributed by atoms with Crippen molar-refractivity contribution in [2.45, 2.75) is 0 Å². The Kier molecular flexibility index (Phi) is 5.66. The second-order valence-electron chi connectivity index (χ2n) is 8.23. The second kappa shape index (κ2) is 9.02. The normalized spacial score (nSPS) is 12.8. The zero-order valence-electron chi connectivity index (χ0n) is 20.1. The molecule has 0 bridgehead atoms. The molecule has 0 atom stereocenters. The van der Waals surface area contributed by atoms with Crippen molar-refractivity contribution in [2.75, 3.05) is 26.2 Å². The Hall–Kier alpha value is -4.21. The fraction of sp³-hybridized carbons (Fsp3) is 0.107. The van der Waals surface area contributed by atoms with Gasteiger partial charge in [-0.3, -0.25) is 9.59 Å². The summed E-state index contributed by atoms with van der Waals surface area (Å²) in [7, 11) is 4.66. The largest absolute Gasteiger partial charge is 0.493 e. The van der Waals surface area contributed by atoms with Gasteiger partial charge in [0.1, 0.15) is 0 Å². The maximum Gasteiger partial charge on any atom is 0.268 e. The van der Waals surface area contributed by atoms with Gasteiger partial charge in [-0.25, -0.2) is 9.88 Å². The van der Waals surface area contributed by atoms with Crippen LogP contribution in [-0.4, -0.2) is 38.1 Å². The number of aromatic nitrogens is 1. The molecule has 1 aliphatic rings. The fourth-order valence-corrected chi connectivity index (χ4v) is 6.69. The lowest BCUT2D eigenvalue weighted by molar-refractivity contribution is 0.0926. The van der Waals surface area contributed by atoms with Crippen LogP contribution in [0.15, 0.2) is 66.7 Å². The summed E-state index contributed by atoms with van der Waals surface area (Å²) in [6, 6.07) is 20.7. The molecule has 9 heteroatoms. The Balaban J connectivity index is 1.57. The minimum Gasteiger partial charge on any atom is -0.493 e. The van der Waals surface area contributed by atoms with Crippen LogP contribution in [-0.2, 0) is 0 Å². The number of fused-ring (bicyclic) bond motifs is 2. The van der Waals surface area contributed by atoms with Gasteiger partial charge in [-0.15, -0.1) is 11.3 Å². The molecule has 6 rings (SSSR count). The van der Waals surface area contributed by atoms with Crippen LogP contribution in [0.2, 0.25) is 0 Å². The second-order valence-corrected chi connectivity index (χ2v) is 10.3. The third-order valence-electron chi connectivity index (χ3n) is 6.19. The summed E-state index contributed by atoms with van der Waals surface area (Å²) in [5, 5.41) is 1.41. The van der Waals surface area contributed by atoms with E-state index in [2.05, 4.69) is 18.2 Å². The van der Waals surface area contributed by atoms with Crippen LogP contribution in [0.25, 0.3) is 31.1 Å². The lowest BCUT2D eigenvalue weighted by atomic mass is 10.1. The Morgan fingerprint density at radius 2 is 1.38 bits per heavy atom. The molecule has 2 amide bonds. The number of amides is 2. The number of methoxy groups -OCH3 is 3. The highest BCUT2D eigenvalue weighted by Crippen LogP contribution is 2.48. The summed E-state index contributed by atoms with van der Waals surface area (Å²) in [6.45, 7) is 0. The summed E-state index contributed by atoms with van der Waals surface area (Å²) >= 11 is 2.93. The Labute approximate surface area is 220 Å². The van der Waals surface area contributed by atoms with Gasteiger partial charge in [0.25, 0.3) is 11.8 Å². The number of hydrogen-bond acceptors (Lipinski definition) is 8. The van der Waals surface area contributed by atoms with Crippen LogP contribution >= 0.6 is 22.7 Å². The molecule has 0 spiro atoms. The molecule has 0 aliphatic carbocycles. The summed E-state index contributed by atoms with van der Waals surface area (Å²) in [6.07, 6.45) is 0. The first kappa shape index (κ1) is 23.2. The number of imide groups is 1. The van der Waals surface area contributed by atoms with Crippen LogP contribution in [0, 0.1) is 0 Å². The minimum atomic E-state index is -0.381. The maximum atomic E-state index is 13.2. The van der Waals surface area contributed by atoms with Gasteiger partial charge in [0, 0.05) is 15.1 Å². The van der Waals surface area contributed by atoms with E-state index in [1.165, 1.54) is 11.3 Å². The van der Waals surface area contributed by atoms with E-state index in [1.807, 2.05) is 24.3 Å². The molecule has 0 radical (unpaired) electrons. The van der Waals surface area contributed by atoms with Gasteiger partial charge >= 0.3 is 0 Å². The fourth-order valence-electron chi connectivity index (χ4n) is 4.44. The van der Waals surface area contributed by atoms with Crippen LogP contribution in [0.4, 0.5) is 5.13 Å². The Bertz CT molecular complexity index is 1610. The van der Waals surface area contributed by atoms with Crippen molar-refractivity contribution in [2.24, 2.45) is 0 Å². The van der Waals surface area contributed by atoms with Crippen molar-refractivity contribution in [3.8, 4) is 38.3 Å². The molecule has 2 aromatic heterocycles. The van der Waals surface area contributed by atoms with E-state index in [0.717, 1.165) is 24.7 Å². The molecular formula is C28H20N2O5S2. The molecule has 1 aliphatic heterocycles. The molecule has 184 valence electrons. The number of nitrogens with zero attached hydrogens (tertiary/aromatic N) is 2. The third-order valence-corrected chi connectivity index (χ3v) is 8.53. The molecule has 0 fully saturated rings. The standard InChI is InChI=1S/C28H20N2O5S2/c1-33-19-12-16(13-20(34-2)24(19)35-3)23-25(22-14-15-8-4-7-11-21(15)36-22)37-28(29-23)30-26(31)17-9-5-6-10-18(17)27(30)32/h4-14H,1-3H3. The molecule has 37 heavy (non-hydrogen) atoms. The highest BCUT2D eigenvalue weighted by Gasteiger charge is 2.39. The van der Waals surface area contributed by atoms with E-state index < -0.39 is 0 Å². The predicted octanol–water partition coefficient (Wildman–Crippen LogP) is 6.52. The van der Waals surface area contributed by atoms with E-state index in [4.69, 9.17) is 19.2 Å². The summed E-state index contributed by atoms with van der Waals surface area (Å²) in [5.74, 6) is 0.666. The van der Waals surface area contributed by atoms with E-state index in [9.17, 15) is 9.59 Å². The number of thiophene rings is 1. The van der Waals surface area contributed by atoms with Gasteiger partial charge in [-0.2, -0.15) is 0 Å². The number of anilines is 1. The molecule has 3 heterocycles. The molecule has 3 aromatic carbocycles. The predicted molar refractivity (Wildman–Crippen MR) is 146 cm³/mol. The number of hydrogen-bond donors (Lipinski definition) is 0. The highest BCUT2D eigenvalue weighted by molar-refractivity contribution is 7.27. The number of carbonyl (C=O) groups excluding carboxylic acids is 2. The van der Waals surface area contributed by atoms with Crippen LogP contribution in [0.5, 0.6) is 17.2 Å². The molecule has 0 unspecified atom stereocenters. The number of rotatable bonds is 6. The summed E-state index contributed by atoms with van der Waals surface area (Å²) < 4.78 is 17.8. The molecular weight excluding hydrogens is 508 g/mol. The van der Waals surface area contributed by atoms with E-state index in [0.29, 0.717) is 44.8 Å². The molecule has 0 saturated heterocycles. The first-order valence-electron chi connectivity index (χ1n) is 11.3. The first-order valence-corrected chi connectivity index (χ1v) is 12.9. The first-order chi connectivity index (χ1) is 18.0. The molecule has 0 saturated carbocycles. The summed E-state index contributed by atoms with van der Waals surface area (Å²) in [5.41, 5.74) is 2.07. The monoisotopic (exact) mass is 528 g/mol. The van der Waals surface area contributed by atoms with Gasteiger partial charge in [0.15, 0.2) is 11.5 Å². The van der Waals surface area contributed by atoms with Crippen molar-refractivity contribution in [1.82, 2.24) is 4.98 Å². The summed E-state index contributed by atoms with van der Waals surface area (Å²) in [4.78, 5) is 34.3. The highest BCUT2D eigenvalue weighted by atomic mass is 32.1. The smallest absolute Gasteiger partial charge is 0.268 e. The number of benzene rings is 3. The quantitative estimate of drug-likeness (QED) is 0.234. The number of ether oxygens (including phenoxy) is 3. The third kappa shape index (κ3) is 3.66. The lowest BCUT2D eigenvalue weighted by Gasteiger charge is -2.14. The van der Waals surface area contributed by atoms with Crippen LogP contribution in [0.1, 0.15) is 20.7 Å². The van der Waals surface area contributed by atoms with Crippen LogP contribution < -0.4 is 19.1 Å². The van der Waals surface area contributed by atoms with Crippen molar-refractivity contribution < 1.29 is 23.8 Å². The molecule has 7 nitrogen and oxygen atoms in total. The van der Waals surface area contributed by atoms with Crippen molar-refractivity contribution >= 4 is 49.7 Å². The van der Waals surface area contributed by atoms with Gasteiger partial charge in [0.05, 0.1) is 43.0 Å². The van der Waals surface area contributed by atoms with E-state index in [-0.39, 0.29) is 11.8 Å². The maximum absolute atomic E-state index is 13.2. The lowest BCUT2D eigenvalue weighted by Crippen LogP contribution is -2.29. The number of thiazole rings is 1. The van der Waals surface area contributed by atoms with Crippen LogP contribution in [0.3, 0.4) is 0 Å². The molecule has 5 aromatic rings. The number of carbonyl (C=O) groups is 2. The van der Waals surface area contributed by atoms with E-state index >= 15 is 0 Å². The van der Waals surface area contributed by atoms with Crippen molar-refractivity contribution in [3.63, 3.8) is 0 Å². The van der Waals surface area contributed by atoms with Gasteiger partial charge in [-0.1, -0.05) is 41.7 Å². The average Bonchev–Trinajstić information content (AvgIpc) is 3.62. The van der Waals surface area contributed by atoms with Crippen molar-refractivity contribution in [3.05, 3.63) is 77.9 Å². The zero-order valence-corrected chi connectivity index (χ0v) is 21.7. The van der Waals surface area contributed by atoms with E-state index in [1.54, 1.807) is 56.9 Å². The Morgan fingerprint density at radius 1 is 0.757 bits per heavy atom. The zero-order chi connectivity index (χ0) is 25.7. The SMILES string of the molecule is COc1cc(-c2nc(N3C(=O)c4ccccc4C3=O)sc2-c2cc3ccccc3s2)cc(OC)c1OC.